The highest BCUT2D eigenvalue weighted by Gasteiger charge is 2.13. The van der Waals surface area contributed by atoms with Crippen LogP contribution in [0.2, 0.25) is 4.34 Å². The minimum Gasteiger partial charge on any atom is -0.309 e. The summed E-state index contributed by atoms with van der Waals surface area (Å²) in [6.45, 7) is 5.48. The fraction of sp³-hybridized carbons (Fsp3) is 0.615. The molecule has 0 radical (unpaired) electrons. The molecule has 0 aromatic carbocycles. The summed E-state index contributed by atoms with van der Waals surface area (Å²) in [5.41, 5.74) is 0. The lowest BCUT2D eigenvalue weighted by Crippen LogP contribution is -2.32. The van der Waals surface area contributed by atoms with Crippen molar-refractivity contribution >= 4 is 28.7 Å². The van der Waals surface area contributed by atoms with Gasteiger partial charge in [0.25, 0.3) is 0 Å². The van der Waals surface area contributed by atoms with E-state index in [4.69, 9.17) is 11.6 Å². The van der Waals surface area contributed by atoms with Crippen LogP contribution in [-0.2, 0) is 0 Å². The second-order valence-corrected chi connectivity index (χ2v) is 6.27. The van der Waals surface area contributed by atoms with Gasteiger partial charge in [0, 0.05) is 0 Å². The van der Waals surface area contributed by atoms with Gasteiger partial charge in [0.15, 0.2) is 5.78 Å². The summed E-state index contributed by atoms with van der Waals surface area (Å²) in [6.07, 6.45) is 1.08. The Morgan fingerprint density at radius 2 is 2.06 bits per heavy atom. The number of thiophene rings is 1. The summed E-state index contributed by atoms with van der Waals surface area (Å²) >= 11 is 7.20. The first kappa shape index (κ1) is 15.6. The average Bonchev–Trinajstić information content (AvgIpc) is 2.74. The summed E-state index contributed by atoms with van der Waals surface area (Å²) in [4.78, 5) is 17.1. The van der Waals surface area contributed by atoms with Gasteiger partial charge in [-0.1, -0.05) is 18.5 Å². The van der Waals surface area contributed by atoms with Crippen molar-refractivity contribution in [2.75, 3.05) is 40.3 Å². The second-order valence-electron chi connectivity index (χ2n) is 4.55. The number of likely N-dealkylation sites (N-methyl/N-ethyl adjacent to an activating group) is 1. The lowest BCUT2D eigenvalue weighted by molar-refractivity contribution is 0.0936. The van der Waals surface area contributed by atoms with Crippen molar-refractivity contribution in [1.82, 2.24) is 9.80 Å². The van der Waals surface area contributed by atoms with Crippen molar-refractivity contribution in [3.8, 4) is 0 Å². The largest absolute Gasteiger partial charge is 0.309 e. The lowest BCUT2D eigenvalue weighted by atomic mass is 10.2. The third kappa shape index (κ3) is 5.48. The van der Waals surface area contributed by atoms with Crippen LogP contribution in [0.4, 0.5) is 0 Å². The molecular formula is C13H21ClN2OS. The van der Waals surface area contributed by atoms with E-state index in [-0.39, 0.29) is 5.78 Å². The highest BCUT2D eigenvalue weighted by molar-refractivity contribution is 7.18. The highest BCUT2D eigenvalue weighted by Crippen LogP contribution is 2.21. The number of ketones is 1. The molecule has 0 atom stereocenters. The van der Waals surface area contributed by atoms with Gasteiger partial charge in [0.2, 0.25) is 0 Å². The number of carbonyl (C=O) groups is 1. The van der Waals surface area contributed by atoms with Crippen molar-refractivity contribution in [2.45, 2.75) is 13.3 Å². The SMILES string of the molecule is CCN(CCCN(C)C)CC(=O)c1ccc(Cl)s1. The van der Waals surface area contributed by atoms with Gasteiger partial charge in [0.05, 0.1) is 15.8 Å². The predicted octanol–water partition coefficient (Wildman–Crippen LogP) is 2.86. The molecule has 0 bridgehead atoms. The van der Waals surface area contributed by atoms with Gasteiger partial charge in [-0.2, -0.15) is 0 Å². The minimum atomic E-state index is 0.165. The zero-order valence-electron chi connectivity index (χ0n) is 11.3. The Hall–Kier alpha value is -0.420. The second kappa shape index (κ2) is 7.89. The molecule has 1 heterocycles. The molecule has 0 unspecified atom stereocenters. The maximum atomic E-state index is 12.0. The molecule has 0 aliphatic heterocycles. The number of halogens is 1. The standard InChI is InChI=1S/C13H21ClN2OS/c1-4-16(9-5-8-15(2)3)10-11(17)12-6-7-13(14)18-12/h6-7H,4-5,8-10H2,1-3H3. The quantitative estimate of drug-likeness (QED) is 0.687. The Labute approximate surface area is 118 Å². The molecule has 1 rings (SSSR count). The van der Waals surface area contributed by atoms with Gasteiger partial charge in [0.1, 0.15) is 0 Å². The summed E-state index contributed by atoms with van der Waals surface area (Å²) in [5, 5.41) is 0. The Kier molecular flexibility index (Phi) is 6.86. The van der Waals surface area contributed by atoms with Crippen molar-refractivity contribution < 1.29 is 4.79 Å². The van der Waals surface area contributed by atoms with Gasteiger partial charge < -0.3 is 4.90 Å². The van der Waals surface area contributed by atoms with Crippen LogP contribution in [-0.4, -0.2) is 55.9 Å². The third-order valence-electron chi connectivity index (χ3n) is 2.74. The number of Topliss-reactive ketones (excluding diaryl/α,β-unsaturated/α-hetero) is 1. The lowest BCUT2D eigenvalue weighted by Gasteiger charge is -2.20. The molecule has 0 spiro atoms. The van der Waals surface area contributed by atoms with Gasteiger partial charge in [-0.15, -0.1) is 11.3 Å². The Balaban J connectivity index is 2.40. The van der Waals surface area contributed by atoms with E-state index in [0.717, 1.165) is 30.9 Å². The fourth-order valence-electron chi connectivity index (χ4n) is 1.70. The maximum Gasteiger partial charge on any atom is 0.186 e. The molecule has 0 N–H and O–H groups in total. The molecule has 0 saturated carbocycles. The third-order valence-corrected chi connectivity index (χ3v) is 4.01. The van der Waals surface area contributed by atoms with E-state index in [2.05, 4.69) is 30.8 Å². The fourth-order valence-corrected chi connectivity index (χ4v) is 2.68. The first-order valence-electron chi connectivity index (χ1n) is 6.18. The molecule has 1 aromatic heterocycles. The van der Waals surface area contributed by atoms with Gasteiger partial charge in [-0.25, -0.2) is 0 Å². The van der Waals surface area contributed by atoms with Gasteiger partial charge in [-0.05, 0) is 52.3 Å². The van der Waals surface area contributed by atoms with Crippen LogP contribution in [0.25, 0.3) is 0 Å². The van der Waals surface area contributed by atoms with Gasteiger partial charge in [-0.3, -0.25) is 9.69 Å². The van der Waals surface area contributed by atoms with E-state index in [1.54, 1.807) is 6.07 Å². The average molecular weight is 289 g/mol. The number of carbonyl (C=O) groups excluding carboxylic acids is 1. The van der Waals surface area contributed by atoms with Crippen LogP contribution in [0, 0.1) is 0 Å². The first-order chi connectivity index (χ1) is 8.52. The number of hydrogen-bond acceptors (Lipinski definition) is 4. The van der Waals surface area contributed by atoms with E-state index >= 15 is 0 Å². The normalized spacial score (nSPS) is 11.4. The Bertz CT molecular complexity index is 379. The molecule has 5 heteroatoms. The van der Waals surface area contributed by atoms with E-state index < -0.39 is 0 Å². The van der Waals surface area contributed by atoms with Gasteiger partial charge >= 0.3 is 0 Å². The first-order valence-corrected chi connectivity index (χ1v) is 7.38. The predicted molar refractivity (Wildman–Crippen MR) is 78.9 cm³/mol. The van der Waals surface area contributed by atoms with E-state index in [1.807, 2.05) is 6.07 Å². The van der Waals surface area contributed by atoms with Crippen LogP contribution in [0.15, 0.2) is 12.1 Å². The summed E-state index contributed by atoms with van der Waals surface area (Å²) in [6, 6.07) is 3.59. The number of hydrogen-bond donors (Lipinski definition) is 0. The smallest absolute Gasteiger partial charge is 0.186 e. The van der Waals surface area contributed by atoms with Crippen molar-refractivity contribution in [3.05, 3.63) is 21.3 Å². The van der Waals surface area contributed by atoms with Crippen LogP contribution in [0.5, 0.6) is 0 Å². The Morgan fingerprint density at radius 3 is 2.56 bits per heavy atom. The number of nitrogens with zero attached hydrogens (tertiary/aromatic N) is 2. The molecule has 1 aromatic rings. The molecule has 0 aliphatic carbocycles. The summed E-state index contributed by atoms with van der Waals surface area (Å²) in [5.74, 6) is 0.165. The van der Waals surface area contributed by atoms with Crippen LogP contribution >= 0.6 is 22.9 Å². The molecule has 0 saturated heterocycles. The van der Waals surface area contributed by atoms with Crippen LogP contribution in [0.3, 0.4) is 0 Å². The molecule has 0 amide bonds. The monoisotopic (exact) mass is 288 g/mol. The van der Waals surface area contributed by atoms with E-state index in [0.29, 0.717) is 10.9 Å². The topological polar surface area (TPSA) is 23.6 Å². The van der Waals surface area contributed by atoms with Crippen molar-refractivity contribution in [3.63, 3.8) is 0 Å². The molecule has 3 nitrogen and oxygen atoms in total. The highest BCUT2D eigenvalue weighted by atomic mass is 35.5. The molecule has 18 heavy (non-hydrogen) atoms. The molecule has 0 aliphatic rings. The summed E-state index contributed by atoms with van der Waals surface area (Å²) < 4.78 is 0.675. The zero-order valence-corrected chi connectivity index (χ0v) is 12.9. The van der Waals surface area contributed by atoms with E-state index in [9.17, 15) is 4.79 Å². The molecule has 0 fully saturated rings. The minimum absolute atomic E-state index is 0.165. The molecular weight excluding hydrogens is 268 g/mol. The number of rotatable bonds is 8. The molecule has 102 valence electrons. The summed E-state index contributed by atoms with van der Waals surface area (Å²) in [7, 11) is 4.13. The van der Waals surface area contributed by atoms with Crippen LogP contribution in [0.1, 0.15) is 23.0 Å². The van der Waals surface area contributed by atoms with Crippen molar-refractivity contribution in [1.29, 1.82) is 0 Å². The maximum absolute atomic E-state index is 12.0. The van der Waals surface area contributed by atoms with E-state index in [1.165, 1.54) is 11.3 Å². The zero-order chi connectivity index (χ0) is 13.5. The Morgan fingerprint density at radius 1 is 1.33 bits per heavy atom. The van der Waals surface area contributed by atoms with Crippen molar-refractivity contribution in [2.24, 2.45) is 0 Å². The van der Waals surface area contributed by atoms with Crippen LogP contribution < -0.4 is 0 Å².